The molecule has 2 unspecified atom stereocenters. The molecule has 4 rings (SSSR count). The number of rotatable bonds is 5. The predicted octanol–water partition coefficient (Wildman–Crippen LogP) is -0.198. The summed E-state index contributed by atoms with van der Waals surface area (Å²) in [6, 6.07) is 3.39. The van der Waals surface area contributed by atoms with Gasteiger partial charge in [0, 0.05) is 24.2 Å². The number of aromatic nitrogens is 2. The topological polar surface area (TPSA) is 141 Å². The number of aromatic amines is 1. The molecule has 0 spiro atoms. The standard InChI is InChI=1S/C19H22N2O9/c1-26-10-3-9-8-28-18(30-16(9)13(4-10)27-2)11-6-21(19(25)20-17(11)24)15-5-12(23)14(7-22)29-15/h3-4,6,12,14-15,18,22-23H,5,7-8H2,1-2H3,(H,20,24,25)/t12?,14-,15-,18?/m1/s1. The van der Waals surface area contributed by atoms with Gasteiger partial charge in [0.05, 0.1) is 33.5 Å². The summed E-state index contributed by atoms with van der Waals surface area (Å²) < 4.78 is 28.8. The van der Waals surface area contributed by atoms with Gasteiger partial charge in [0.1, 0.15) is 23.6 Å². The van der Waals surface area contributed by atoms with Crippen LogP contribution in [0.25, 0.3) is 0 Å². The summed E-state index contributed by atoms with van der Waals surface area (Å²) >= 11 is 0. The van der Waals surface area contributed by atoms with Crippen LogP contribution in [0.15, 0.2) is 27.9 Å². The Bertz CT molecular complexity index is 1030. The van der Waals surface area contributed by atoms with Crippen molar-refractivity contribution in [2.75, 3.05) is 20.8 Å². The number of H-pyrrole nitrogens is 1. The highest BCUT2D eigenvalue weighted by atomic mass is 16.7. The van der Waals surface area contributed by atoms with Crippen LogP contribution in [-0.2, 0) is 16.1 Å². The fourth-order valence-corrected chi connectivity index (χ4v) is 3.54. The van der Waals surface area contributed by atoms with Gasteiger partial charge in [0.15, 0.2) is 11.5 Å². The Kier molecular flexibility index (Phi) is 5.52. The summed E-state index contributed by atoms with van der Waals surface area (Å²) in [6.45, 7) is -0.269. The molecule has 162 valence electrons. The molecule has 2 aliphatic rings. The van der Waals surface area contributed by atoms with Gasteiger partial charge in [0.2, 0.25) is 6.29 Å². The van der Waals surface area contributed by atoms with Gasteiger partial charge in [-0.1, -0.05) is 0 Å². The van der Waals surface area contributed by atoms with E-state index in [4.69, 9.17) is 23.7 Å². The summed E-state index contributed by atoms with van der Waals surface area (Å²) in [5.41, 5.74) is -0.656. The lowest BCUT2D eigenvalue weighted by molar-refractivity contribution is -0.114. The largest absolute Gasteiger partial charge is 0.497 e. The van der Waals surface area contributed by atoms with E-state index in [1.807, 2.05) is 0 Å². The van der Waals surface area contributed by atoms with Gasteiger partial charge in [-0.2, -0.15) is 0 Å². The van der Waals surface area contributed by atoms with Crippen LogP contribution in [0.1, 0.15) is 30.1 Å². The molecule has 11 heteroatoms. The minimum absolute atomic E-state index is 0.0451. The number of nitrogens with one attached hydrogen (secondary N) is 1. The molecule has 11 nitrogen and oxygen atoms in total. The lowest BCUT2D eigenvalue weighted by Gasteiger charge is -2.28. The van der Waals surface area contributed by atoms with Crippen molar-refractivity contribution in [3.05, 3.63) is 50.3 Å². The Morgan fingerprint density at radius 2 is 2.07 bits per heavy atom. The van der Waals surface area contributed by atoms with Gasteiger partial charge in [0.25, 0.3) is 5.56 Å². The first-order valence-electron chi connectivity index (χ1n) is 9.28. The number of hydrogen-bond acceptors (Lipinski definition) is 9. The highest BCUT2D eigenvalue weighted by Gasteiger charge is 2.36. The van der Waals surface area contributed by atoms with Gasteiger partial charge < -0.3 is 33.9 Å². The van der Waals surface area contributed by atoms with Gasteiger partial charge in [-0.05, 0) is 6.07 Å². The molecule has 0 aliphatic carbocycles. The average molecular weight is 422 g/mol. The average Bonchev–Trinajstić information content (AvgIpc) is 3.13. The van der Waals surface area contributed by atoms with Gasteiger partial charge in [-0.25, -0.2) is 4.79 Å². The van der Waals surface area contributed by atoms with E-state index < -0.39 is 42.6 Å². The normalized spacial score (nSPS) is 25.5. The maximum absolute atomic E-state index is 12.4. The maximum Gasteiger partial charge on any atom is 0.330 e. The van der Waals surface area contributed by atoms with Gasteiger partial charge >= 0.3 is 5.69 Å². The number of methoxy groups -OCH3 is 2. The lowest BCUT2D eigenvalue weighted by atomic mass is 10.1. The van der Waals surface area contributed by atoms with Crippen molar-refractivity contribution >= 4 is 0 Å². The fourth-order valence-electron chi connectivity index (χ4n) is 3.54. The number of aliphatic hydroxyl groups is 2. The zero-order chi connectivity index (χ0) is 21.4. The smallest absolute Gasteiger partial charge is 0.330 e. The highest BCUT2D eigenvalue weighted by Crippen LogP contribution is 2.42. The van der Waals surface area contributed by atoms with Crippen LogP contribution in [0.2, 0.25) is 0 Å². The van der Waals surface area contributed by atoms with Crippen molar-refractivity contribution in [3.8, 4) is 17.2 Å². The van der Waals surface area contributed by atoms with E-state index in [2.05, 4.69) is 4.98 Å². The second kappa shape index (κ2) is 8.11. The number of fused-ring (bicyclic) bond motifs is 1. The molecule has 30 heavy (non-hydrogen) atoms. The van der Waals surface area contributed by atoms with E-state index in [1.54, 1.807) is 12.1 Å². The first kappa shape index (κ1) is 20.4. The number of benzene rings is 1. The van der Waals surface area contributed by atoms with Crippen LogP contribution in [0.3, 0.4) is 0 Å². The Labute approximate surface area is 170 Å². The lowest BCUT2D eigenvalue weighted by Crippen LogP contribution is -2.36. The Hall–Kier alpha value is -2.86. The van der Waals surface area contributed by atoms with E-state index in [9.17, 15) is 19.8 Å². The van der Waals surface area contributed by atoms with Gasteiger partial charge in [-0.15, -0.1) is 0 Å². The summed E-state index contributed by atoms with van der Waals surface area (Å²) in [5.74, 6) is 1.38. The molecule has 0 saturated carbocycles. The van der Waals surface area contributed by atoms with Crippen molar-refractivity contribution in [3.63, 3.8) is 0 Å². The van der Waals surface area contributed by atoms with Crippen LogP contribution < -0.4 is 25.5 Å². The molecule has 3 heterocycles. The molecule has 4 atom stereocenters. The van der Waals surface area contributed by atoms with Crippen molar-refractivity contribution in [1.82, 2.24) is 9.55 Å². The third-order valence-electron chi connectivity index (χ3n) is 5.12. The third kappa shape index (κ3) is 3.56. The van der Waals surface area contributed by atoms with Crippen LogP contribution in [-0.4, -0.2) is 52.8 Å². The number of aliphatic hydroxyl groups excluding tert-OH is 2. The zero-order valence-electron chi connectivity index (χ0n) is 16.4. The van der Waals surface area contributed by atoms with Gasteiger partial charge in [-0.3, -0.25) is 14.3 Å². The zero-order valence-corrected chi connectivity index (χ0v) is 16.4. The first-order chi connectivity index (χ1) is 14.4. The van der Waals surface area contributed by atoms with Crippen LogP contribution in [0.5, 0.6) is 17.2 Å². The molecular weight excluding hydrogens is 400 g/mol. The Morgan fingerprint density at radius 3 is 2.73 bits per heavy atom. The van der Waals surface area contributed by atoms with Crippen molar-refractivity contribution < 1.29 is 33.9 Å². The summed E-state index contributed by atoms with van der Waals surface area (Å²) in [7, 11) is 3.01. The monoisotopic (exact) mass is 422 g/mol. The maximum atomic E-state index is 12.4. The Balaban J connectivity index is 1.67. The second-order valence-corrected chi connectivity index (χ2v) is 6.94. The second-order valence-electron chi connectivity index (χ2n) is 6.94. The molecule has 1 fully saturated rings. The Morgan fingerprint density at radius 1 is 1.27 bits per heavy atom. The van der Waals surface area contributed by atoms with Crippen molar-refractivity contribution in [1.29, 1.82) is 0 Å². The van der Waals surface area contributed by atoms with E-state index in [1.165, 1.54) is 20.4 Å². The molecule has 3 N–H and O–H groups in total. The molecule has 1 aromatic heterocycles. The van der Waals surface area contributed by atoms with E-state index in [0.717, 1.165) is 4.57 Å². The third-order valence-corrected chi connectivity index (χ3v) is 5.12. The highest BCUT2D eigenvalue weighted by molar-refractivity contribution is 5.52. The SMILES string of the molecule is COc1cc2c(c(OC)c1)OC(c1cn([C@H]3CC(O)[C@@H](CO)O3)c(=O)[nH]c1=O)OC2. The van der Waals surface area contributed by atoms with E-state index in [-0.39, 0.29) is 18.6 Å². The van der Waals surface area contributed by atoms with Crippen LogP contribution in [0, 0.1) is 0 Å². The van der Waals surface area contributed by atoms with Crippen molar-refractivity contribution in [2.24, 2.45) is 0 Å². The summed E-state index contributed by atoms with van der Waals surface area (Å²) in [4.78, 5) is 27.0. The van der Waals surface area contributed by atoms with E-state index in [0.29, 0.717) is 22.8 Å². The first-order valence-corrected chi connectivity index (χ1v) is 9.28. The van der Waals surface area contributed by atoms with E-state index >= 15 is 0 Å². The molecule has 0 radical (unpaired) electrons. The molecule has 0 bridgehead atoms. The molecule has 2 aromatic rings. The fraction of sp³-hybridized carbons (Fsp3) is 0.474. The molecule has 1 aromatic carbocycles. The van der Waals surface area contributed by atoms with Crippen LogP contribution >= 0.6 is 0 Å². The number of nitrogens with zero attached hydrogens (tertiary/aromatic N) is 1. The summed E-state index contributed by atoms with van der Waals surface area (Å²) in [5, 5.41) is 19.2. The number of ether oxygens (including phenoxy) is 5. The quantitative estimate of drug-likeness (QED) is 0.597. The molecule has 1 saturated heterocycles. The van der Waals surface area contributed by atoms with Crippen molar-refractivity contribution in [2.45, 2.75) is 37.8 Å². The molecule has 2 aliphatic heterocycles. The molecular formula is C19H22N2O9. The number of hydrogen-bond donors (Lipinski definition) is 3. The summed E-state index contributed by atoms with van der Waals surface area (Å²) in [6.07, 6.45) is -2.34. The minimum Gasteiger partial charge on any atom is -0.497 e. The minimum atomic E-state index is -1.10. The van der Waals surface area contributed by atoms with Crippen LogP contribution in [0.4, 0.5) is 0 Å². The molecule has 0 amide bonds. The predicted molar refractivity (Wildman–Crippen MR) is 101 cm³/mol.